The molecule has 0 saturated carbocycles. The molecule has 0 aliphatic rings. The molecule has 1 heterocycles. The molecule has 3 aromatic rings. The number of halogens is 2. The molecule has 1 amide bonds. The predicted molar refractivity (Wildman–Crippen MR) is 101 cm³/mol. The molecule has 0 fully saturated rings. The van der Waals surface area contributed by atoms with Gasteiger partial charge in [-0.3, -0.25) is 4.79 Å². The number of hydrogen-bond donors (Lipinski definition) is 1. The summed E-state index contributed by atoms with van der Waals surface area (Å²) in [5, 5.41) is 3.58. The molecular formula is C18H14Cl2N4O. The first-order valence-electron chi connectivity index (χ1n) is 7.43. The summed E-state index contributed by atoms with van der Waals surface area (Å²) in [4.78, 5) is 22.8. The van der Waals surface area contributed by atoms with Crippen LogP contribution in [-0.2, 0) is 0 Å². The smallest absolute Gasteiger partial charge is 0.274 e. The van der Waals surface area contributed by atoms with E-state index in [-0.39, 0.29) is 5.69 Å². The first kappa shape index (κ1) is 17.2. The maximum absolute atomic E-state index is 12.5. The normalized spacial score (nSPS) is 10.4. The van der Waals surface area contributed by atoms with E-state index >= 15 is 0 Å². The van der Waals surface area contributed by atoms with Gasteiger partial charge in [0.2, 0.25) is 5.95 Å². The van der Waals surface area contributed by atoms with Crippen LogP contribution in [-0.4, -0.2) is 22.9 Å². The summed E-state index contributed by atoms with van der Waals surface area (Å²) >= 11 is 12.0. The Morgan fingerprint density at radius 2 is 1.84 bits per heavy atom. The summed E-state index contributed by atoms with van der Waals surface area (Å²) < 4.78 is 0. The lowest BCUT2D eigenvalue weighted by Crippen LogP contribution is -2.18. The van der Waals surface area contributed by atoms with Crippen LogP contribution in [0.3, 0.4) is 0 Å². The number of nitrogens with one attached hydrogen (secondary N) is 1. The first-order chi connectivity index (χ1) is 12.0. The van der Waals surface area contributed by atoms with Crippen LogP contribution in [0, 0.1) is 0 Å². The van der Waals surface area contributed by atoms with E-state index in [0.717, 1.165) is 5.69 Å². The van der Waals surface area contributed by atoms with Crippen LogP contribution in [0.2, 0.25) is 10.0 Å². The third-order valence-corrected chi connectivity index (χ3v) is 4.06. The van der Waals surface area contributed by atoms with Gasteiger partial charge in [0, 0.05) is 24.0 Å². The zero-order valence-electron chi connectivity index (χ0n) is 13.3. The minimum absolute atomic E-state index is 0.226. The summed E-state index contributed by atoms with van der Waals surface area (Å²) in [6.07, 6.45) is 1.54. The third-order valence-electron chi connectivity index (χ3n) is 3.50. The monoisotopic (exact) mass is 372 g/mol. The number of amides is 1. The molecule has 7 heteroatoms. The second-order valence-corrected chi connectivity index (χ2v) is 6.06. The number of para-hydroxylation sites is 1. The zero-order chi connectivity index (χ0) is 17.8. The van der Waals surface area contributed by atoms with Gasteiger partial charge in [0.05, 0.1) is 10.7 Å². The Bertz CT molecular complexity index is 903. The lowest BCUT2D eigenvalue weighted by Gasteiger charge is -2.17. The molecule has 1 aromatic heterocycles. The average molecular weight is 373 g/mol. The van der Waals surface area contributed by atoms with Crippen molar-refractivity contribution in [1.82, 2.24) is 9.97 Å². The lowest BCUT2D eigenvalue weighted by molar-refractivity contribution is 0.102. The maximum Gasteiger partial charge on any atom is 0.274 e. The largest absolute Gasteiger partial charge is 0.319 e. The average Bonchev–Trinajstić information content (AvgIpc) is 2.65. The van der Waals surface area contributed by atoms with Crippen LogP contribution in [0.1, 0.15) is 10.5 Å². The number of carbonyl (C=O) groups excluding carboxylic acids is 1. The Labute approximate surface area is 155 Å². The fourth-order valence-electron chi connectivity index (χ4n) is 2.18. The number of benzene rings is 2. The van der Waals surface area contributed by atoms with E-state index in [9.17, 15) is 4.79 Å². The van der Waals surface area contributed by atoms with Crippen molar-refractivity contribution in [2.75, 3.05) is 17.3 Å². The second kappa shape index (κ2) is 7.51. The highest BCUT2D eigenvalue weighted by atomic mass is 35.5. The molecule has 0 atom stereocenters. The predicted octanol–water partition coefficient (Wildman–Crippen LogP) is 4.80. The van der Waals surface area contributed by atoms with Gasteiger partial charge < -0.3 is 10.2 Å². The molecule has 0 unspecified atom stereocenters. The minimum atomic E-state index is -0.394. The fourth-order valence-corrected chi connectivity index (χ4v) is 2.52. The van der Waals surface area contributed by atoms with Crippen LogP contribution in [0.25, 0.3) is 0 Å². The third kappa shape index (κ3) is 4.07. The van der Waals surface area contributed by atoms with Crippen LogP contribution < -0.4 is 10.2 Å². The minimum Gasteiger partial charge on any atom is -0.319 e. The summed E-state index contributed by atoms with van der Waals surface area (Å²) in [5.41, 5.74) is 1.57. The van der Waals surface area contributed by atoms with Gasteiger partial charge in [-0.25, -0.2) is 9.97 Å². The number of hydrogen-bond acceptors (Lipinski definition) is 4. The van der Waals surface area contributed by atoms with E-state index in [1.165, 1.54) is 12.3 Å². The molecule has 0 bridgehead atoms. The number of nitrogens with zero attached hydrogens (tertiary/aromatic N) is 3. The molecule has 126 valence electrons. The Morgan fingerprint density at radius 3 is 2.60 bits per heavy atom. The van der Waals surface area contributed by atoms with Crippen molar-refractivity contribution in [3.05, 3.63) is 76.5 Å². The number of anilines is 3. The fraction of sp³-hybridized carbons (Fsp3) is 0.0556. The summed E-state index contributed by atoms with van der Waals surface area (Å²) in [7, 11) is 1.83. The highest BCUT2D eigenvalue weighted by molar-refractivity contribution is 6.35. The van der Waals surface area contributed by atoms with Crippen molar-refractivity contribution < 1.29 is 4.79 Å². The van der Waals surface area contributed by atoms with Crippen LogP contribution in [0.5, 0.6) is 0 Å². The van der Waals surface area contributed by atoms with Gasteiger partial charge in [0.25, 0.3) is 5.91 Å². The number of rotatable bonds is 4. The SMILES string of the molecule is CN(c1ccccc1)c1nccc(C(=O)Nc2cc(Cl)ccc2Cl)n1. The first-order valence-corrected chi connectivity index (χ1v) is 8.18. The molecule has 0 aliphatic carbocycles. The van der Waals surface area contributed by atoms with Crippen LogP contribution in [0.4, 0.5) is 17.3 Å². The molecule has 3 rings (SSSR count). The topological polar surface area (TPSA) is 58.1 Å². The molecule has 2 aromatic carbocycles. The maximum atomic E-state index is 12.5. The van der Waals surface area contributed by atoms with Gasteiger partial charge in [-0.2, -0.15) is 0 Å². The van der Waals surface area contributed by atoms with E-state index in [4.69, 9.17) is 23.2 Å². The highest BCUT2D eigenvalue weighted by Gasteiger charge is 2.14. The highest BCUT2D eigenvalue weighted by Crippen LogP contribution is 2.26. The van der Waals surface area contributed by atoms with Gasteiger partial charge in [-0.05, 0) is 36.4 Å². The standard InChI is InChI=1S/C18H14Cl2N4O/c1-24(13-5-3-2-4-6-13)18-21-10-9-15(23-18)17(25)22-16-11-12(19)7-8-14(16)20/h2-11H,1H3,(H,22,25). The molecule has 1 N–H and O–H groups in total. The number of aromatic nitrogens is 2. The van der Waals surface area contributed by atoms with E-state index in [2.05, 4.69) is 15.3 Å². The van der Waals surface area contributed by atoms with Gasteiger partial charge in [-0.15, -0.1) is 0 Å². The van der Waals surface area contributed by atoms with Gasteiger partial charge >= 0.3 is 0 Å². The Kier molecular flexibility index (Phi) is 5.16. The van der Waals surface area contributed by atoms with E-state index in [1.54, 1.807) is 23.1 Å². The number of carbonyl (C=O) groups is 1. The summed E-state index contributed by atoms with van der Waals surface area (Å²) in [6.45, 7) is 0. The van der Waals surface area contributed by atoms with Gasteiger partial charge in [-0.1, -0.05) is 41.4 Å². The van der Waals surface area contributed by atoms with Crippen molar-refractivity contribution in [3.8, 4) is 0 Å². The Hall–Kier alpha value is -2.63. The summed E-state index contributed by atoms with van der Waals surface area (Å²) in [6, 6.07) is 16.0. The van der Waals surface area contributed by atoms with E-state index < -0.39 is 5.91 Å². The van der Waals surface area contributed by atoms with Crippen molar-refractivity contribution in [3.63, 3.8) is 0 Å². The molecule has 0 aliphatic heterocycles. The molecule has 0 radical (unpaired) electrons. The van der Waals surface area contributed by atoms with Gasteiger partial charge in [0.1, 0.15) is 5.69 Å². The molecule has 5 nitrogen and oxygen atoms in total. The zero-order valence-corrected chi connectivity index (χ0v) is 14.8. The van der Waals surface area contributed by atoms with E-state index in [1.807, 2.05) is 37.4 Å². The molecule has 0 saturated heterocycles. The van der Waals surface area contributed by atoms with Crippen molar-refractivity contribution in [2.24, 2.45) is 0 Å². The van der Waals surface area contributed by atoms with Crippen molar-refractivity contribution >= 4 is 46.4 Å². The van der Waals surface area contributed by atoms with E-state index in [0.29, 0.717) is 21.7 Å². The Morgan fingerprint density at radius 1 is 1.08 bits per heavy atom. The van der Waals surface area contributed by atoms with Crippen molar-refractivity contribution in [1.29, 1.82) is 0 Å². The quantitative estimate of drug-likeness (QED) is 0.714. The Balaban J connectivity index is 1.83. The molecule has 0 spiro atoms. The van der Waals surface area contributed by atoms with Crippen molar-refractivity contribution in [2.45, 2.75) is 0 Å². The summed E-state index contributed by atoms with van der Waals surface area (Å²) in [5.74, 6) is 0.0188. The van der Waals surface area contributed by atoms with Gasteiger partial charge in [0.15, 0.2) is 0 Å². The molecule has 25 heavy (non-hydrogen) atoms. The van der Waals surface area contributed by atoms with Crippen LogP contribution >= 0.6 is 23.2 Å². The second-order valence-electron chi connectivity index (χ2n) is 5.21. The molecular weight excluding hydrogens is 359 g/mol. The lowest BCUT2D eigenvalue weighted by atomic mass is 10.3. The van der Waals surface area contributed by atoms with Crippen LogP contribution in [0.15, 0.2) is 60.8 Å².